The number of hydrogen-bond acceptors (Lipinski definition) is 2. The van der Waals surface area contributed by atoms with Gasteiger partial charge in [-0.25, -0.2) is 0 Å². The molecular weight excluding hydrogens is 793 g/mol. The zero-order valence-corrected chi connectivity index (χ0v) is 36.4. The van der Waals surface area contributed by atoms with Gasteiger partial charge in [-0.2, -0.15) is 0 Å². The molecule has 0 saturated carbocycles. The number of hydrogen-bond donors (Lipinski definition) is 0. The molecule has 0 fully saturated rings. The maximum absolute atomic E-state index is 2.49. The van der Waals surface area contributed by atoms with Crippen LogP contribution in [0.25, 0.3) is 91.8 Å². The van der Waals surface area contributed by atoms with Gasteiger partial charge in [0.15, 0.2) is 0 Å². The molecule has 0 N–H and O–H groups in total. The lowest BCUT2D eigenvalue weighted by atomic mass is 9.80. The number of benzene rings is 10. The number of thiophene rings is 1. The highest BCUT2D eigenvalue weighted by Crippen LogP contribution is 2.52. The molecule has 2 heterocycles. The van der Waals surface area contributed by atoms with E-state index in [9.17, 15) is 0 Å². The zero-order chi connectivity index (χ0) is 42.5. The Morgan fingerprint density at radius 2 is 1.03 bits per heavy atom. The first-order chi connectivity index (χ1) is 31.5. The molecule has 0 bridgehead atoms. The molecule has 2 nitrogen and oxygen atoms in total. The van der Waals surface area contributed by atoms with E-state index in [1.165, 1.54) is 97.3 Å². The molecule has 1 aliphatic rings. The van der Waals surface area contributed by atoms with Gasteiger partial charge < -0.3 is 9.47 Å². The summed E-state index contributed by atoms with van der Waals surface area (Å²) in [5.41, 5.74) is 17.1. The van der Waals surface area contributed by atoms with Crippen LogP contribution in [0, 0.1) is 0 Å². The van der Waals surface area contributed by atoms with Crippen molar-refractivity contribution in [2.24, 2.45) is 0 Å². The first kappa shape index (κ1) is 36.9. The Bertz CT molecular complexity index is 3820. The van der Waals surface area contributed by atoms with Crippen LogP contribution in [0.4, 0.5) is 17.1 Å². The maximum Gasteiger partial charge on any atom is 0.0547 e. The Morgan fingerprint density at radius 3 is 1.84 bits per heavy atom. The molecule has 0 atom stereocenters. The Kier molecular flexibility index (Phi) is 8.16. The van der Waals surface area contributed by atoms with Gasteiger partial charge in [0.05, 0.1) is 11.0 Å². The van der Waals surface area contributed by atoms with Crippen molar-refractivity contribution in [3.05, 3.63) is 230 Å². The Hall–Kier alpha value is -7.72. The first-order valence-electron chi connectivity index (χ1n) is 22.2. The molecule has 1 aliphatic carbocycles. The number of aromatic nitrogens is 1. The molecule has 0 saturated heterocycles. The number of anilines is 3. The third kappa shape index (κ3) is 5.64. The summed E-state index contributed by atoms with van der Waals surface area (Å²) in [6.45, 7) is 4.78. The van der Waals surface area contributed by atoms with Crippen molar-refractivity contribution >= 4 is 81.1 Å². The lowest BCUT2D eigenvalue weighted by molar-refractivity contribution is 0.666. The summed E-state index contributed by atoms with van der Waals surface area (Å²) < 4.78 is 5.04. The normalized spacial score (nSPS) is 13.0. The highest BCUT2D eigenvalue weighted by Gasteiger charge is 2.36. The third-order valence-electron chi connectivity index (χ3n) is 13.7. The van der Waals surface area contributed by atoms with Crippen molar-refractivity contribution in [3.8, 4) is 39.1 Å². The van der Waals surface area contributed by atoms with E-state index in [1.54, 1.807) is 0 Å². The monoisotopic (exact) mass is 834 g/mol. The van der Waals surface area contributed by atoms with Crippen LogP contribution < -0.4 is 4.90 Å². The average Bonchev–Trinajstić information content (AvgIpc) is 3.96. The predicted octanol–water partition coefficient (Wildman–Crippen LogP) is 17.4. The van der Waals surface area contributed by atoms with E-state index in [1.807, 2.05) is 11.3 Å². The van der Waals surface area contributed by atoms with Gasteiger partial charge >= 0.3 is 0 Å². The smallest absolute Gasteiger partial charge is 0.0547 e. The lowest BCUT2D eigenvalue weighted by Gasteiger charge is -2.26. The average molecular weight is 835 g/mol. The molecular formula is C61H42N2S. The molecule has 0 radical (unpaired) electrons. The summed E-state index contributed by atoms with van der Waals surface area (Å²) in [6.07, 6.45) is 0. The second-order valence-corrected chi connectivity index (χ2v) is 18.8. The van der Waals surface area contributed by atoms with Gasteiger partial charge in [-0.1, -0.05) is 153 Å². The lowest BCUT2D eigenvalue weighted by Crippen LogP contribution is -2.15. The summed E-state index contributed by atoms with van der Waals surface area (Å²) in [5, 5.41) is 7.71. The fraction of sp³-hybridized carbons (Fsp3) is 0.0492. The number of para-hydroxylation sites is 1. The van der Waals surface area contributed by atoms with Crippen molar-refractivity contribution in [2.75, 3.05) is 4.90 Å². The highest BCUT2D eigenvalue weighted by atomic mass is 32.1. The van der Waals surface area contributed by atoms with Crippen LogP contribution in [0.3, 0.4) is 0 Å². The number of fused-ring (bicyclic) bond motifs is 11. The molecule has 13 rings (SSSR count). The van der Waals surface area contributed by atoms with E-state index in [-0.39, 0.29) is 5.41 Å². The van der Waals surface area contributed by atoms with Crippen LogP contribution in [-0.2, 0) is 5.41 Å². The number of rotatable bonds is 6. The van der Waals surface area contributed by atoms with E-state index < -0.39 is 0 Å². The van der Waals surface area contributed by atoms with E-state index in [0.29, 0.717) is 0 Å². The van der Waals surface area contributed by atoms with Crippen molar-refractivity contribution in [1.82, 2.24) is 4.57 Å². The van der Waals surface area contributed by atoms with Gasteiger partial charge in [-0.15, -0.1) is 11.3 Å². The topological polar surface area (TPSA) is 8.17 Å². The minimum Gasteiger partial charge on any atom is -0.310 e. The molecule has 64 heavy (non-hydrogen) atoms. The van der Waals surface area contributed by atoms with E-state index >= 15 is 0 Å². The predicted molar refractivity (Wildman–Crippen MR) is 274 cm³/mol. The second kappa shape index (κ2) is 14.2. The molecule has 0 spiro atoms. The van der Waals surface area contributed by atoms with Crippen LogP contribution in [0.2, 0.25) is 0 Å². The van der Waals surface area contributed by atoms with Crippen LogP contribution >= 0.6 is 11.3 Å². The largest absolute Gasteiger partial charge is 0.310 e. The van der Waals surface area contributed by atoms with Crippen LogP contribution in [0.15, 0.2) is 218 Å². The first-order valence-corrected chi connectivity index (χ1v) is 23.0. The van der Waals surface area contributed by atoms with Gasteiger partial charge in [-0.3, -0.25) is 0 Å². The number of nitrogens with zero attached hydrogens (tertiary/aromatic N) is 2. The standard InChI is InChI=1S/C61H42N2S/c1-61(2)55-25-11-9-23-48(55)51-30-27-43-36-57-54(38-52(43)60(51)61)53-35-42(28-32-56(53)63(57)44-19-7-4-8-20-44)41-18-14-22-46(34-41)62(45-21-13-17-40(33-45)39-15-5-3-6-16-39)47-29-31-50-49-24-10-12-26-58(49)64-59(50)37-47/h3-38H,1-2H3. The zero-order valence-electron chi connectivity index (χ0n) is 35.6. The van der Waals surface area contributed by atoms with Crippen molar-refractivity contribution in [3.63, 3.8) is 0 Å². The fourth-order valence-electron chi connectivity index (χ4n) is 10.7. The fourth-order valence-corrected chi connectivity index (χ4v) is 11.9. The molecule has 12 aromatic rings. The molecule has 3 heteroatoms. The minimum absolute atomic E-state index is 0.115. The SMILES string of the molecule is CC1(C)c2ccccc2-c2ccc3cc4c(cc3c21)c1cc(-c2cccc(N(c3cccc(-c5ccccc5)c3)c3ccc5c(c3)sc3ccccc35)c2)ccc1n4-c1ccccc1. The molecule has 302 valence electrons. The van der Waals surface area contributed by atoms with Gasteiger partial charge in [-0.05, 0) is 134 Å². The van der Waals surface area contributed by atoms with Gasteiger partial charge in [0, 0.05) is 59.1 Å². The second-order valence-electron chi connectivity index (χ2n) is 17.7. The van der Waals surface area contributed by atoms with Crippen molar-refractivity contribution in [1.29, 1.82) is 0 Å². The summed E-state index contributed by atoms with van der Waals surface area (Å²) in [4.78, 5) is 2.42. The summed E-state index contributed by atoms with van der Waals surface area (Å²) >= 11 is 1.86. The third-order valence-corrected chi connectivity index (χ3v) is 14.8. The van der Waals surface area contributed by atoms with Crippen LogP contribution in [0.1, 0.15) is 25.0 Å². The maximum atomic E-state index is 2.49. The minimum atomic E-state index is -0.115. The van der Waals surface area contributed by atoms with E-state index in [2.05, 4.69) is 242 Å². The highest BCUT2D eigenvalue weighted by molar-refractivity contribution is 7.25. The van der Waals surface area contributed by atoms with E-state index in [4.69, 9.17) is 0 Å². The quantitative estimate of drug-likeness (QED) is 0.162. The molecule has 0 unspecified atom stereocenters. The van der Waals surface area contributed by atoms with Crippen molar-refractivity contribution < 1.29 is 0 Å². The van der Waals surface area contributed by atoms with E-state index in [0.717, 1.165) is 22.7 Å². The van der Waals surface area contributed by atoms with Gasteiger partial charge in [0.25, 0.3) is 0 Å². The summed E-state index contributed by atoms with van der Waals surface area (Å²) in [7, 11) is 0. The Morgan fingerprint density at radius 1 is 0.391 bits per heavy atom. The van der Waals surface area contributed by atoms with Gasteiger partial charge in [0.1, 0.15) is 0 Å². The van der Waals surface area contributed by atoms with Crippen LogP contribution in [0.5, 0.6) is 0 Å². The molecule has 10 aromatic carbocycles. The Labute approximate surface area is 376 Å². The molecule has 2 aromatic heterocycles. The summed E-state index contributed by atoms with van der Waals surface area (Å²) in [6, 6.07) is 80.8. The molecule has 0 amide bonds. The Balaban J connectivity index is 1.00. The van der Waals surface area contributed by atoms with Crippen molar-refractivity contribution in [2.45, 2.75) is 19.3 Å². The van der Waals surface area contributed by atoms with Gasteiger partial charge in [0.2, 0.25) is 0 Å². The van der Waals surface area contributed by atoms with Crippen LogP contribution in [-0.4, -0.2) is 4.57 Å². The summed E-state index contributed by atoms with van der Waals surface area (Å²) in [5.74, 6) is 0. The molecule has 0 aliphatic heterocycles.